The summed E-state index contributed by atoms with van der Waals surface area (Å²) in [7, 11) is -1.79. The molecular formula is C23H26FN5O3S2. The number of carbonyl (C=O) groups is 1. The second-order valence-corrected chi connectivity index (χ2v) is 11.6. The van der Waals surface area contributed by atoms with Crippen LogP contribution in [0.4, 0.5) is 15.2 Å². The van der Waals surface area contributed by atoms with E-state index in [9.17, 15) is 17.6 Å². The van der Waals surface area contributed by atoms with E-state index in [4.69, 9.17) is 4.98 Å². The SMILES string of the molecule is CN1CCN(c2nc3ccc(NC(=O)C4CCCN4S(=O)(=O)c4ccc(F)cc4)cc3s2)CC1. The van der Waals surface area contributed by atoms with Crippen molar-refractivity contribution in [1.82, 2.24) is 14.2 Å². The Balaban J connectivity index is 1.32. The van der Waals surface area contributed by atoms with Crippen LogP contribution < -0.4 is 10.2 Å². The van der Waals surface area contributed by atoms with Crippen LogP contribution in [0.25, 0.3) is 10.2 Å². The number of hydrogen-bond acceptors (Lipinski definition) is 7. The second-order valence-electron chi connectivity index (χ2n) is 8.69. The van der Waals surface area contributed by atoms with Crippen LogP contribution in [0.3, 0.4) is 0 Å². The third kappa shape index (κ3) is 4.52. The summed E-state index contributed by atoms with van der Waals surface area (Å²) in [5, 5.41) is 3.86. The monoisotopic (exact) mass is 503 g/mol. The van der Waals surface area contributed by atoms with E-state index in [1.165, 1.54) is 16.4 Å². The number of benzene rings is 2. The normalized spacial score (nSPS) is 20.2. The first kappa shape index (κ1) is 23.2. The Morgan fingerprint density at radius 1 is 1.09 bits per heavy atom. The van der Waals surface area contributed by atoms with Crippen molar-refractivity contribution >= 4 is 48.3 Å². The lowest BCUT2D eigenvalue weighted by molar-refractivity contribution is -0.119. The van der Waals surface area contributed by atoms with Gasteiger partial charge in [0.1, 0.15) is 11.9 Å². The number of piperazine rings is 1. The minimum atomic E-state index is -3.90. The van der Waals surface area contributed by atoms with Crippen molar-refractivity contribution in [2.45, 2.75) is 23.8 Å². The fraction of sp³-hybridized carbons (Fsp3) is 0.391. The van der Waals surface area contributed by atoms with Crippen molar-refractivity contribution in [3.63, 3.8) is 0 Å². The highest BCUT2D eigenvalue weighted by atomic mass is 32.2. The Morgan fingerprint density at radius 2 is 1.82 bits per heavy atom. The number of likely N-dealkylation sites (N-methyl/N-ethyl adjacent to an activating group) is 1. The van der Waals surface area contributed by atoms with Crippen LogP contribution in [0.1, 0.15) is 12.8 Å². The summed E-state index contributed by atoms with van der Waals surface area (Å²) in [6, 6.07) is 9.43. The number of carbonyl (C=O) groups excluding carboxylic acids is 1. The van der Waals surface area contributed by atoms with Gasteiger partial charge in [0.2, 0.25) is 15.9 Å². The largest absolute Gasteiger partial charge is 0.345 e. The number of aromatic nitrogens is 1. The van der Waals surface area contributed by atoms with Crippen molar-refractivity contribution in [2.75, 3.05) is 50.0 Å². The molecule has 11 heteroatoms. The van der Waals surface area contributed by atoms with Gasteiger partial charge >= 0.3 is 0 Å². The topological polar surface area (TPSA) is 85.8 Å². The van der Waals surface area contributed by atoms with Crippen molar-refractivity contribution < 1.29 is 17.6 Å². The highest BCUT2D eigenvalue weighted by molar-refractivity contribution is 7.89. The molecule has 0 aliphatic carbocycles. The molecule has 1 aromatic heterocycles. The van der Waals surface area contributed by atoms with Crippen LogP contribution in [0.2, 0.25) is 0 Å². The van der Waals surface area contributed by atoms with Crippen molar-refractivity contribution in [1.29, 1.82) is 0 Å². The van der Waals surface area contributed by atoms with Gasteiger partial charge < -0.3 is 15.1 Å². The van der Waals surface area contributed by atoms with E-state index < -0.39 is 21.9 Å². The molecule has 2 aliphatic heterocycles. The van der Waals surface area contributed by atoms with Crippen LogP contribution in [0.15, 0.2) is 47.4 Å². The fourth-order valence-electron chi connectivity index (χ4n) is 4.38. The molecule has 8 nitrogen and oxygen atoms in total. The summed E-state index contributed by atoms with van der Waals surface area (Å²) in [5.74, 6) is -0.879. The smallest absolute Gasteiger partial charge is 0.243 e. The van der Waals surface area contributed by atoms with Crippen molar-refractivity contribution in [2.24, 2.45) is 0 Å². The molecule has 3 aromatic rings. The van der Waals surface area contributed by atoms with Crippen LogP contribution >= 0.6 is 11.3 Å². The van der Waals surface area contributed by atoms with E-state index in [-0.39, 0.29) is 17.3 Å². The summed E-state index contributed by atoms with van der Waals surface area (Å²) in [6.45, 7) is 4.10. The van der Waals surface area contributed by atoms with Gasteiger partial charge in [0.25, 0.3) is 0 Å². The maximum absolute atomic E-state index is 13.3. The molecule has 1 N–H and O–H groups in total. The molecule has 1 unspecified atom stereocenters. The Morgan fingerprint density at radius 3 is 2.56 bits per heavy atom. The lowest BCUT2D eigenvalue weighted by atomic mass is 10.2. The molecule has 180 valence electrons. The molecule has 0 saturated carbocycles. The molecule has 2 fully saturated rings. The first-order chi connectivity index (χ1) is 16.3. The van der Waals surface area contributed by atoms with Crippen LogP contribution in [0.5, 0.6) is 0 Å². The van der Waals surface area contributed by atoms with Crippen LogP contribution in [0, 0.1) is 5.82 Å². The zero-order valence-corrected chi connectivity index (χ0v) is 20.4. The Hall–Kier alpha value is -2.60. The molecule has 1 atom stereocenters. The van der Waals surface area contributed by atoms with Gasteiger partial charge in [-0.3, -0.25) is 4.79 Å². The van der Waals surface area contributed by atoms with Gasteiger partial charge in [-0.25, -0.2) is 17.8 Å². The summed E-state index contributed by atoms with van der Waals surface area (Å²) < 4.78 is 41.6. The number of fused-ring (bicyclic) bond motifs is 1. The van der Waals surface area contributed by atoms with Crippen molar-refractivity contribution in [3.8, 4) is 0 Å². The zero-order valence-electron chi connectivity index (χ0n) is 18.8. The Labute approximate surface area is 202 Å². The van der Waals surface area contributed by atoms with Gasteiger partial charge in [-0.1, -0.05) is 11.3 Å². The quantitative estimate of drug-likeness (QED) is 0.576. The summed E-state index contributed by atoms with van der Waals surface area (Å²) in [4.78, 5) is 22.4. The molecule has 2 saturated heterocycles. The molecule has 0 bridgehead atoms. The number of amides is 1. The lowest BCUT2D eigenvalue weighted by Crippen LogP contribution is -2.44. The molecule has 2 aromatic carbocycles. The number of nitrogens with one attached hydrogen (secondary N) is 1. The maximum atomic E-state index is 13.3. The highest BCUT2D eigenvalue weighted by Gasteiger charge is 2.39. The number of anilines is 2. The Kier molecular flexibility index (Phi) is 6.28. The first-order valence-electron chi connectivity index (χ1n) is 11.2. The van der Waals surface area contributed by atoms with Gasteiger partial charge in [0, 0.05) is 38.4 Å². The third-order valence-electron chi connectivity index (χ3n) is 6.35. The summed E-state index contributed by atoms with van der Waals surface area (Å²) >= 11 is 1.59. The maximum Gasteiger partial charge on any atom is 0.243 e. The van der Waals surface area contributed by atoms with Gasteiger partial charge in [0.15, 0.2) is 5.13 Å². The number of hydrogen-bond donors (Lipinski definition) is 1. The molecule has 1 amide bonds. The molecule has 0 radical (unpaired) electrons. The van der Waals surface area contributed by atoms with Gasteiger partial charge in [-0.15, -0.1) is 0 Å². The number of thiazole rings is 1. The van der Waals surface area contributed by atoms with E-state index in [0.717, 1.165) is 53.7 Å². The van der Waals surface area contributed by atoms with Crippen LogP contribution in [-0.4, -0.2) is 74.3 Å². The van der Waals surface area contributed by atoms with E-state index in [0.29, 0.717) is 18.5 Å². The van der Waals surface area contributed by atoms with E-state index in [1.54, 1.807) is 17.4 Å². The van der Waals surface area contributed by atoms with Gasteiger partial charge in [-0.2, -0.15) is 4.31 Å². The number of sulfonamides is 1. The average molecular weight is 504 g/mol. The predicted octanol–water partition coefficient (Wildman–Crippen LogP) is 2.98. The molecule has 5 rings (SSSR count). The van der Waals surface area contributed by atoms with Gasteiger partial charge in [0.05, 0.1) is 15.1 Å². The number of rotatable bonds is 5. The molecule has 0 spiro atoms. The predicted molar refractivity (Wildman–Crippen MR) is 131 cm³/mol. The molecule has 2 aliphatic rings. The summed E-state index contributed by atoms with van der Waals surface area (Å²) in [6.07, 6.45) is 1.02. The zero-order chi connectivity index (χ0) is 23.9. The highest BCUT2D eigenvalue weighted by Crippen LogP contribution is 2.32. The van der Waals surface area contributed by atoms with E-state index in [1.807, 2.05) is 12.1 Å². The van der Waals surface area contributed by atoms with Gasteiger partial charge in [-0.05, 0) is 62.4 Å². The minimum Gasteiger partial charge on any atom is -0.345 e. The van der Waals surface area contributed by atoms with Crippen molar-refractivity contribution in [3.05, 3.63) is 48.3 Å². The Bertz CT molecular complexity index is 1300. The fourth-order valence-corrected chi connectivity index (χ4v) is 7.09. The van der Waals surface area contributed by atoms with Crippen LogP contribution in [-0.2, 0) is 14.8 Å². The molecular weight excluding hydrogens is 477 g/mol. The first-order valence-corrected chi connectivity index (χ1v) is 13.5. The number of halogens is 1. The summed E-state index contributed by atoms with van der Waals surface area (Å²) in [5.41, 5.74) is 1.48. The van der Waals surface area contributed by atoms with E-state index >= 15 is 0 Å². The minimum absolute atomic E-state index is 0.0175. The molecule has 3 heterocycles. The third-order valence-corrected chi connectivity index (χ3v) is 9.35. The number of nitrogens with zero attached hydrogens (tertiary/aromatic N) is 4. The molecule has 34 heavy (non-hydrogen) atoms. The standard InChI is InChI=1S/C23H26FN5O3S2/c1-27-11-13-28(14-12-27)23-26-19-9-6-17(15-21(19)33-23)25-22(30)20-3-2-10-29(20)34(31,32)18-7-4-16(24)5-8-18/h4-9,15,20H,2-3,10-14H2,1H3,(H,25,30). The van der Waals surface area contributed by atoms with E-state index in [2.05, 4.69) is 22.2 Å². The lowest BCUT2D eigenvalue weighted by Gasteiger charge is -2.31. The second kappa shape index (κ2) is 9.21. The average Bonchev–Trinajstić information content (AvgIpc) is 3.47.